The number of thiocarbonyl (C=S) groups is 1. The van der Waals surface area contributed by atoms with Gasteiger partial charge in [-0.25, -0.2) is 0 Å². The maximum absolute atomic E-state index is 5.64. The zero-order valence-electron chi connectivity index (χ0n) is 12.8. The minimum atomic E-state index is 0.198. The Balaban J connectivity index is 1.50. The molecule has 0 saturated heterocycles. The highest BCUT2D eigenvalue weighted by Gasteiger charge is 2.39. The number of ether oxygens (including phenoxy) is 1. The lowest BCUT2D eigenvalue weighted by atomic mass is 9.96. The third-order valence-corrected chi connectivity index (χ3v) is 4.76. The van der Waals surface area contributed by atoms with Crippen LogP contribution in [0.3, 0.4) is 0 Å². The van der Waals surface area contributed by atoms with E-state index < -0.39 is 0 Å². The van der Waals surface area contributed by atoms with Crippen LogP contribution in [0.25, 0.3) is 0 Å². The fraction of sp³-hybridized carbons (Fsp3) is 0.588. The van der Waals surface area contributed by atoms with Crippen molar-refractivity contribution >= 4 is 23.0 Å². The predicted molar refractivity (Wildman–Crippen MR) is 90.8 cm³/mol. The predicted octanol–water partition coefficient (Wildman–Crippen LogP) is 3.95. The first-order valence-corrected chi connectivity index (χ1v) is 8.35. The van der Waals surface area contributed by atoms with Crippen LogP contribution in [0.1, 0.15) is 39.5 Å². The molecule has 2 saturated carbocycles. The van der Waals surface area contributed by atoms with E-state index in [0.29, 0.717) is 6.04 Å². The second-order valence-electron chi connectivity index (χ2n) is 6.57. The summed E-state index contributed by atoms with van der Waals surface area (Å²) in [5.74, 6) is 2.65. The minimum Gasteiger partial charge on any atom is -0.491 e. The minimum absolute atomic E-state index is 0.198. The first-order valence-electron chi connectivity index (χ1n) is 7.94. The zero-order chi connectivity index (χ0) is 14.8. The molecule has 1 aromatic rings. The molecule has 1 aromatic carbocycles. The summed E-state index contributed by atoms with van der Waals surface area (Å²) in [6, 6.07) is 8.54. The highest BCUT2D eigenvalue weighted by Crippen LogP contribution is 2.44. The van der Waals surface area contributed by atoms with Gasteiger partial charge in [-0.15, -0.1) is 0 Å². The third kappa shape index (κ3) is 3.67. The Morgan fingerprint density at radius 1 is 1.19 bits per heavy atom. The number of hydrogen-bond donors (Lipinski definition) is 2. The molecule has 0 aromatic heterocycles. The Morgan fingerprint density at radius 3 is 2.52 bits per heavy atom. The fourth-order valence-electron chi connectivity index (χ4n) is 3.65. The van der Waals surface area contributed by atoms with E-state index in [1.54, 1.807) is 0 Å². The standard InChI is InChI=1S/C17H24N2OS/c1-11(2)20-15-7-5-14(6-8-15)18-17(21)19-16-10-12-3-4-13(16)9-12/h5-8,11-13,16H,3-4,9-10H2,1-2H3,(H2,18,19,21)/t12-,13-,16+/m0/s1. The summed E-state index contributed by atoms with van der Waals surface area (Å²) in [4.78, 5) is 0. The van der Waals surface area contributed by atoms with Crippen molar-refractivity contribution in [2.45, 2.75) is 51.7 Å². The first kappa shape index (κ1) is 14.6. The van der Waals surface area contributed by atoms with E-state index in [2.05, 4.69) is 10.6 Å². The number of hydrogen-bond acceptors (Lipinski definition) is 2. The van der Waals surface area contributed by atoms with Crippen LogP contribution in [0.15, 0.2) is 24.3 Å². The van der Waals surface area contributed by atoms with Gasteiger partial charge in [0.15, 0.2) is 5.11 Å². The van der Waals surface area contributed by atoms with E-state index in [0.717, 1.165) is 28.4 Å². The summed E-state index contributed by atoms with van der Waals surface area (Å²) in [5, 5.41) is 7.51. The van der Waals surface area contributed by atoms with E-state index >= 15 is 0 Å². The van der Waals surface area contributed by atoms with Crippen molar-refractivity contribution < 1.29 is 4.74 Å². The van der Waals surface area contributed by atoms with Gasteiger partial charge in [-0.3, -0.25) is 0 Å². The molecule has 2 fully saturated rings. The monoisotopic (exact) mass is 304 g/mol. The van der Waals surface area contributed by atoms with Gasteiger partial charge in [0.05, 0.1) is 6.10 Å². The fourth-order valence-corrected chi connectivity index (χ4v) is 3.92. The van der Waals surface area contributed by atoms with Crippen LogP contribution in [0.2, 0.25) is 0 Å². The second-order valence-corrected chi connectivity index (χ2v) is 6.98. The lowest BCUT2D eigenvalue weighted by Gasteiger charge is -2.24. The Labute approximate surface area is 132 Å². The van der Waals surface area contributed by atoms with Crippen molar-refractivity contribution in [1.82, 2.24) is 5.32 Å². The van der Waals surface area contributed by atoms with Gasteiger partial charge in [0, 0.05) is 11.7 Å². The second kappa shape index (κ2) is 6.22. The van der Waals surface area contributed by atoms with Crippen molar-refractivity contribution in [3.8, 4) is 5.75 Å². The molecule has 0 unspecified atom stereocenters. The van der Waals surface area contributed by atoms with Gasteiger partial charge in [0.2, 0.25) is 0 Å². The molecule has 2 aliphatic rings. The SMILES string of the molecule is CC(C)Oc1ccc(NC(=S)N[C@@H]2C[C@H]3CC[C@H]2C3)cc1. The molecule has 3 nitrogen and oxygen atoms in total. The first-order chi connectivity index (χ1) is 10.1. The molecule has 0 aliphatic heterocycles. The van der Waals surface area contributed by atoms with Gasteiger partial charge < -0.3 is 15.4 Å². The van der Waals surface area contributed by atoms with Crippen molar-refractivity contribution in [3.05, 3.63) is 24.3 Å². The number of fused-ring (bicyclic) bond motifs is 2. The van der Waals surface area contributed by atoms with Crippen molar-refractivity contribution in [3.63, 3.8) is 0 Å². The molecular weight excluding hydrogens is 280 g/mol. The number of rotatable bonds is 4. The van der Waals surface area contributed by atoms with Crippen LogP contribution in [-0.2, 0) is 0 Å². The van der Waals surface area contributed by atoms with Crippen LogP contribution in [0.5, 0.6) is 5.75 Å². The summed E-state index contributed by atoms with van der Waals surface area (Å²) in [5.41, 5.74) is 1.01. The van der Waals surface area contributed by atoms with E-state index in [1.165, 1.54) is 25.7 Å². The highest BCUT2D eigenvalue weighted by atomic mass is 32.1. The summed E-state index contributed by atoms with van der Waals surface area (Å²) in [6.07, 6.45) is 5.66. The summed E-state index contributed by atoms with van der Waals surface area (Å²) in [7, 11) is 0. The van der Waals surface area contributed by atoms with Gasteiger partial charge in [-0.1, -0.05) is 6.42 Å². The number of benzene rings is 1. The summed E-state index contributed by atoms with van der Waals surface area (Å²) >= 11 is 5.44. The quantitative estimate of drug-likeness (QED) is 0.825. The van der Waals surface area contributed by atoms with Gasteiger partial charge in [-0.05, 0) is 81.4 Å². The molecule has 0 heterocycles. The van der Waals surface area contributed by atoms with Crippen LogP contribution >= 0.6 is 12.2 Å². The van der Waals surface area contributed by atoms with Crippen LogP contribution in [0.4, 0.5) is 5.69 Å². The van der Waals surface area contributed by atoms with Crippen molar-refractivity contribution in [2.24, 2.45) is 11.8 Å². The van der Waals surface area contributed by atoms with E-state index in [-0.39, 0.29) is 6.10 Å². The van der Waals surface area contributed by atoms with E-state index in [9.17, 15) is 0 Å². The molecule has 4 heteroatoms. The topological polar surface area (TPSA) is 33.3 Å². The molecule has 2 aliphatic carbocycles. The van der Waals surface area contributed by atoms with Gasteiger partial charge >= 0.3 is 0 Å². The van der Waals surface area contributed by atoms with Crippen molar-refractivity contribution in [2.75, 3.05) is 5.32 Å². The number of nitrogens with one attached hydrogen (secondary N) is 2. The largest absolute Gasteiger partial charge is 0.491 e. The molecule has 0 spiro atoms. The Hall–Kier alpha value is -1.29. The van der Waals surface area contributed by atoms with Crippen molar-refractivity contribution in [1.29, 1.82) is 0 Å². The lowest BCUT2D eigenvalue weighted by molar-refractivity contribution is 0.242. The summed E-state index contributed by atoms with van der Waals surface area (Å²) in [6.45, 7) is 4.06. The molecule has 21 heavy (non-hydrogen) atoms. The average Bonchev–Trinajstić information content (AvgIpc) is 3.02. The zero-order valence-corrected chi connectivity index (χ0v) is 13.6. The maximum atomic E-state index is 5.64. The Bertz CT molecular complexity index is 500. The van der Waals surface area contributed by atoms with E-state index in [4.69, 9.17) is 17.0 Å². The molecule has 0 amide bonds. The molecule has 3 atom stereocenters. The normalized spacial score (nSPS) is 26.9. The van der Waals surface area contributed by atoms with Crippen LogP contribution < -0.4 is 15.4 Å². The molecule has 2 bridgehead atoms. The van der Waals surface area contributed by atoms with Gasteiger partial charge in [0.25, 0.3) is 0 Å². The van der Waals surface area contributed by atoms with E-state index in [1.807, 2.05) is 38.1 Å². The Kier molecular flexibility index (Phi) is 4.34. The molecule has 114 valence electrons. The maximum Gasteiger partial charge on any atom is 0.171 e. The number of anilines is 1. The molecule has 2 N–H and O–H groups in total. The average molecular weight is 304 g/mol. The van der Waals surface area contributed by atoms with Gasteiger partial charge in [-0.2, -0.15) is 0 Å². The lowest BCUT2D eigenvalue weighted by Crippen LogP contribution is -2.40. The Morgan fingerprint density at radius 2 is 1.95 bits per heavy atom. The van der Waals surface area contributed by atoms with Crippen LogP contribution in [0, 0.1) is 11.8 Å². The molecule has 0 radical (unpaired) electrons. The highest BCUT2D eigenvalue weighted by molar-refractivity contribution is 7.80. The molecular formula is C17H24N2OS. The van der Waals surface area contributed by atoms with Crippen LogP contribution in [-0.4, -0.2) is 17.3 Å². The summed E-state index contributed by atoms with van der Waals surface area (Å²) < 4.78 is 5.64. The smallest absolute Gasteiger partial charge is 0.171 e. The van der Waals surface area contributed by atoms with Gasteiger partial charge in [0.1, 0.15) is 5.75 Å². The third-order valence-electron chi connectivity index (χ3n) is 4.54. The molecule has 3 rings (SSSR count).